The summed E-state index contributed by atoms with van der Waals surface area (Å²) in [6, 6.07) is 3.30. The summed E-state index contributed by atoms with van der Waals surface area (Å²) in [6.45, 7) is 0.399. The normalized spacial score (nSPS) is 26.6. The number of β-amino-alcohol motifs (C(OH)–C–C–N with tert-alkyl or cyclic N) is 1. The lowest BCUT2D eigenvalue weighted by molar-refractivity contribution is -0.393. The van der Waals surface area contributed by atoms with Gasteiger partial charge in [0.1, 0.15) is 5.69 Å². The average molecular weight is 323 g/mol. The summed E-state index contributed by atoms with van der Waals surface area (Å²) in [5.74, 6) is -1.33. The van der Waals surface area contributed by atoms with E-state index in [-0.39, 0.29) is 31.3 Å². The van der Waals surface area contributed by atoms with E-state index in [1.54, 1.807) is 0 Å². The van der Waals surface area contributed by atoms with Crippen molar-refractivity contribution in [3.63, 3.8) is 0 Å². The van der Waals surface area contributed by atoms with Crippen LogP contribution in [-0.2, 0) is 9.53 Å². The molecular formula is C13H13N3O7. The molecule has 1 aromatic rings. The molecule has 0 spiro atoms. The highest BCUT2D eigenvalue weighted by Gasteiger charge is 2.46. The van der Waals surface area contributed by atoms with Crippen LogP contribution in [0.4, 0.5) is 17.1 Å². The summed E-state index contributed by atoms with van der Waals surface area (Å²) in [6.07, 6.45) is -0.866. The molecule has 23 heavy (non-hydrogen) atoms. The van der Waals surface area contributed by atoms with Gasteiger partial charge in [0, 0.05) is 25.1 Å². The maximum atomic E-state index is 11.7. The average Bonchev–Trinajstić information content (AvgIpc) is 2.88. The number of hydrogen-bond donors (Lipinski definition) is 1. The van der Waals surface area contributed by atoms with Crippen LogP contribution in [0, 0.1) is 32.1 Å². The Morgan fingerprint density at radius 1 is 1.22 bits per heavy atom. The van der Waals surface area contributed by atoms with Gasteiger partial charge in [0.2, 0.25) is 0 Å². The van der Waals surface area contributed by atoms with E-state index in [4.69, 9.17) is 4.74 Å². The number of nitro groups is 2. The van der Waals surface area contributed by atoms with Gasteiger partial charge in [0.25, 0.3) is 11.4 Å². The highest BCUT2D eigenvalue weighted by molar-refractivity contribution is 5.77. The van der Waals surface area contributed by atoms with Crippen LogP contribution in [0.1, 0.15) is 0 Å². The van der Waals surface area contributed by atoms with Crippen LogP contribution < -0.4 is 4.90 Å². The molecule has 1 aromatic carbocycles. The number of cyclic esters (lactones) is 1. The predicted octanol–water partition coefficient (Wildman–Crippen LogP) is 0.473. The van der Waals surface area contributed by atoms with Crippen molar-refractivity contribution in [1.82, 2.24) is 0 Å². The van der Waals surface area contributed by atoms with E-state index in [0.29, 0.717) is 0 Å². The third kappa shape index (κ3) is 2.57. The molecule has 10 heteroatoms. The molecule has 2 aliphatic heterocycles. The van der Waals surface area contributed by atoms with E-state index in [2.05, 4.69) is 0 Å². The van der Waals surface area contributed by atoms with Crippen LogP contribution in [0.5, 0.6) is 0 Å². The molecule has 10 nitrogen and oxygen atoms in total. The van der Waals surface area contributed by atoms with Crippen molar-refractivity contribution in [3.05, 3.63) is 38.4 Å². The van der Waals surface area contributed by atoms with Gasteiger partial charge in [-0.3, -0.25) is 25.0 Å². The van der Waals surface area contributed by atoms with Crippen molar-refractivity contribution in [2.45, 2.75) is 6.10 Å². The Kier molecular flexibility index (Phi) is 3.60. The fraction of sp³-hybridized carbons (Fsp3) is 0.462. The number of anilines is 1. The number of fused-ring (bicyclic) bond motifs is 1. The van der Waals surface area contributed by atoms with Gasteiger partial charge >= 0.3 is 5.97 Å². The Hall–Kier alpha value is -2.75. The van der Waals surface area contributed by atoms with Gasteiger partial charge in [-0.2, -0.15) is 0 Å². The molecule has 2 saturated heterocycles. The van der Waals surface area contributed by atoms with Crippen LogP contribution in [0.15, 0.2) is 18.2 Å². The molecule has 0 amide bonds. The molecule has 3 rings (SSSR count). The van der Waals surface area contributed by atoms with Gasteiger partial charge in [-0.05, 0) is 6.07 Å². The van der Waals surface area contributed by atoms with Crippen molar-refractivity contribution in [3.8, 4) is 0 Å². The third-order valence-corrected chi connectivity index (χ3v) is 4.26. The summed E-state index contributed by atoms with van der Waals surface area (Å²) in [7, 11) is 0. The van der Waals surface area contributed by atoms with Crippen LogP contribution >= 0.6 is 0 Å². The van der Waals surface area contributed by atoms with Gasteiger partial charge < -0.3 is 14.7 Å². The highest BCUT2D eigenvalue weighted by Crippen LogP contribution is 2.38. The molecule has 0 radical (unpaired) electrons. The van der Waals surface area contributed by atoms with Crippen molar-refractivity contribution in [2.24, 2.45) is 11.8 Å². The number of aliphatic hydroxyl groups is 1. The van der Waals surface area contributed by atoms with Crippen LogP contribution in [-0.4, -0.2) is 46.7 Å². The minimum absolute atomic E-state index is 0.0937. The molecule has 0 unspecified atom stereocenters. The predicted molar refractivity (Wildman–Crippen MR) is 75.9 cm³/mol. The molecule has 2 aliphatic rings. The SMILES string of the molecule is O=C1OC[C@@H]2[C@H](O)CN(c3ccc([N+](=O)[O-])cc3[N+](=O)[O-])C[C@H]12. The number of ether oxygens (including phenoxy) is 1. The molecule has 0 aromatic heterocycles. The number of non-ortho nitro benzene ring substituents is 1. The summed E-state index contributed by atoms with van der Waals surface area (Å²) in [5.41, 5.74) is -0.690. The first-order chi connectivity index (χ1) is 10.9. The molecule has 0 bridgehead atoms. The Balaban J connectivity index is 1.96. The lowest BCUT2D eigenvalue weighted by Crippen LogP contribution is -2.50. The van der Waals surface area contributed by atoms with Crippen molar-refractivity contribution in [1.29, 1.82) is 0 Å². The molecule has 3 atom stereocenters. The standard InChI is InChI=1S/C13H13N3O7/c17-12-5-14(4-8-9(12)6-23-13(8)18)10-2-1-7(15(19)20)3-11(10)16(21)22/h1-3,8-9,12,17H,4-6H2/t8-,9-,12+/m0/s1. The number of rotatable bonds is 3. The molecule has 2 fully saturated rings. The Morgan fingerprint density at radius 2 is 1.96 bits per heavy atom. The molecular weight excluding hydrogens is 310 g/mol. The minimum atomic E-state index is -0.866. The number of nitrogens with zero attached hydrogens (tertiary/aromatic N) is 3. The molecule has 122 valence electrons. The van der Waals surface area contributed by atoms with Crippen molar-refractivity contribution >= 4 is 23.0 Å². The smallest absolute Gasteiger partial charge is 0.311 e. The van der Waals surface area contributed by atoms with Gasteiger partial charge in [0.05, 0.1) is 34.5 Å². The van der Waals surface area contributed by atoms with Gasteiger partial charge in [-0.15, -0.1) is 0 Å². The number of nitro benzene ring substituents is 2. The van der Waals surface area contributed by atoms with Crippen LogP contribution in [0.25, 0.3) is 0 Å². The van der Waals surface area contributed by atoms with E-state index >= 15 is 0 Å². The number of piperidine rings is 1. The van der Waals surface area contributed by atoms with Crippen LogP contribution in [0.2, 0.25) is 0 Å². The summed E-state index contributed by atoms with van der Waals surface area (Å²) in [4.78, 5) is 33.8. The van der Waals surface area contributed by atoms with E-state index < -0.39 is 39.2 Å². The fourth-order valence-corrected chi connectivity index (χ4v) is 3.07. The van der Waals surface area contributed by atoms with E-state index in [1.165, 1.54) is 11.0 Å². The van der Waals surface area contributed by atoms with Crippen molar-refractivity contribution < 1.29 is 24.5 Å². The first-order valence-corrected chi connectivity index (χ1v) is 6.91. The quantitative estimate of drug-likeness (QED) is 0.481. The number of benzene rings is 1. The van der Waals surface area contributed by atoms with E-state index in [1.807, 2.05) is 0 Å². The van der Waals surface area contributed by atoms with E-state index in [0.717, 1.165) is 12.1 Å². The largest absolute Gasteiger partial charge is 0.465 e. The highest BCUT2D eigenvalue weighted by atomic mass is 16.6. The minimum Gasteiger partial charge on any atom is -0.465 e. The number of esters is 1. The zero-order valence-electron chi connectivity index (χ0n) is 11.8. The zero-order chi connectivity index (χ0) is 16.7. The zero-order valence-corrected chi connectivity index (χ0v) is 11.8. The maximum absolute atomic E-state index is 11.7. The second-order valence-electron chi connectivity index (χ2n) is 5.56. The number of aliphatic hydroxyl groups excluding tert-OH is 1. The molecule has 2 heterocycles. The Labute approximate surface area is 129 Å². The second kappa shape index (κ2) is 5.47. The van der Waals surface area contributed by atoms with E-state index in [9.17, 15) is 30.1 Å². The lowest BCUT2D eigenvalue weighted by Gasteiger charge is -2.37. The molecule has 0 saturated carbocycles. The Bertz CT molecular complexity index is 692. The van der Waals surface area contributed by atoms with Gasteiger partial charge in [0.15, 0.2) is 0 Å². The monoisotopic (exact) mass is 323 g/mol. The number of carbonyl (C=O) groups is 1. The first kappa shape index (κ1) is 15.2. The first-order valence-electron chi connectivity index (χ1n) is 6.91. The van der Waals surface area contributed by atoms with Gasteiger partial charge in [-0.1, -0.05) is 0 Å². The Morgan fingerprint density at radius 3 is 2.61 bits per heavy atom. The number of hydrogen-bond acceptors (Lipinski definition) is 8. The van der Waals surface area contributed by atoms with Crippen LogP contribution in [0.3, 0.4) is 0 Å². The summed E-state index contributed by atoms with van der Waals surface area (Å²) >= 11 is 0. The topological polar surface area (TPSA) is 136 Å². The lowest BCUT2D eigenvalue weighted by atomic mass is 9.85. The maximum Gasteiger partial charge on any atom is 0.311 e. The summed E-state index contributed by atoms with van der Waals surface area (Å²) in [5, 5.41) is 32.1. The number of carbonyl (C=O) groups excluding carboxylic acids is 1. The second-order valence-corrected chi connectivity index (χ2v) is 5.56. The third-order valence-electron chi connectivity index (χ3n) is 4.26. The van der Waals surface area contributed by atoms with Crippen molar-refractivity contribution in [2.75, 3.05) is 24.6 Å². The summed E-state index contributed by atoms with van der Waals surface area (Å²) < 4.78 is 4.93. The molecule has 1 N–H and O–H groups in total. The van der Waals surface area contributed by atoms with Gasteiger partial charge in [-0.25, -0.2) is 0 Å². The fourth-order valence-electron chi connectivity index (χ4n) is 3.07. The molecule has 0 aliphatic carbocycles.